The lowest BCUT2D eigenvalue weighted by atomic mass is 9.55. The van der Waals surface area contributed by atoms with Crippen molar-refractivity contribution in [1.82, 2.24) is 4.90 Å². The normalized spacial score (nSPS) is 24.6. The Labute approximate surface area is 224 Å². The van der Waals surface area contributed by atoms with Gasteiger partial charge in [0.25, 0.3) is 0 Å². The highest BCUT2D eigenvalue weighted by atomic mass is 16.5. The highest BCUT2D eigenvalue weighted by molar-refractivity contribution is 6.53. The van der Waals surface area contributed by atoms with Crippen LogP contribution in [0.5, 0.6) is 11.5 Å². The number of hydrogen-bond donors (Lipinski definition) is 2. The highest BCUT2D eigenvalue weighted by Gasteiger charge is 2.59. The maximum absolute atomic E-state index is 13.5. The molecular weight excluding hydrogens is 501 g/mol. The number of amides is 3. The van der Waals surface area contributed by atoms with Gasteiger partial charge in [-0.25, -0.2) is 4.79 Å². The van der Waals surface area contributed by atoms with Crippen molar-refractivity contribution in [3.63, 3.8) is 0 Å². The predicted octanol–water partition coefficient (Wildman–Crippen LogP) is 3.79. The van der Waals surface area contributed by atoms with Crippen molar-refractivity contribution in [2.75, 3.05) is 13.7 Å². The molecule has 6 rings (SSSR count). The van der Waals surface area contributed by atoms with Crippen molar-refractivity contribution >= 4 is 35.8 Å². The fourth-order valence-electron chi connectivity index (χ4n) is 6.29. The number of benzene rings is 3. The Hall–Kier alpha value is -4.15. The van der Waals surface area contributed by atoms with Gasteiger partial charge >= 0.3 is 13.2 Å². The van der Waals surface area contributed by atoms with Crippen LogP contribution in [-0.4, -0.2) is 53.8 Å². The topological polar surface area (TPSA) is 123 Å². The van der Waals surface area contributed by atoms with Crippen molar-refractivity contribution in [2.45, 2.75) is 18.9 Å². The van der Waals surface area contributed by atoms with Gasteiger partial charge in [0, 0.05) is 5.39 Å². The first-order valence-corrected chi connectivity index (χ1v) is 12.8. The van der Waals surface area contributed by atoms with E-state index in [4.69, 9.17) is 14.1 Å². The van der Waals surface area contributed by atoms with Crippen LogP contribution in [0.25, 0.3) is 10.8 Å². The van der Waals surface area contributed by atoms with E-state index in [1.165, 1.54) is 0 Å². The van der Waals surface area contributed by atoms with Gasteiger partial charge in [-0.15, -0.1) is 0 Å². The second-order valence-electron chi connectivity index (χ2n) is 10.0. The maximum Gasteiger partial charge on any atom is 0.487 e. The van der Waals surface area contributed by atoms with E-state index < -0.39 is 48.9 Å². The minimum absolute atomic E-state index is 0.0893. The number of nitrogens with zero attached hydrogens (tertiary/aromatic N) is 1. The summed E-state index contributed by atoms with van der Waals surface area (Å²) in [6.45, 7) is 0.0893. The van der Waals surface area contributed by atoms with Crippen molar-refractivity contribution in [2.24, 2.45) is 17.8 Å². The Kier molecular flexibility index (Phi) is 6.36. The zero-order chi connectivity index (χ0) is 27.3. The van der Waals surface area contributed by atoms with Gasteiger partial charge in [-0.3, -0.25) is 9.59 Å². The first-order valence-electron chi connectivity index (χ1n) is 12.8. The summed E-state index contributed by atoms with van der Waals surface area (Å²) < 4.78 is 16.8. The van der Waals surface area contributed by atoms with Crippen molar-refractivity contribution in [3.05, 3.63) is 83.3 Å². The number of phenols is 1. The molecule has 1 aliphatic carbocycles. The number of fused-ring (bicyclic) bond motifs is 4. The molecule has 3 amide bonds. The Bertz CT molecular complexity index is 1510. The van der Waals surface area contributed by atoms with E-state index in [1.54, 1.807) is 30.3 Å². The molecule has 0 saturated carbocycles. The molecule has 2 fully saturated rings. The smallest absolute Gasteiger partial charge is 0.487 e. The third-order valence-electron chi connectivity index (χ3n) is 8.01. The number of methoxy groups -OCH3 is 1. The van der Waals surface area contributed by atoms with Gasteiger partial charge in [0.15, 0.2) is 0 Å². The molecule has 0 aromatic heterocycles. The summed E-state index contributed by atoms with van der Waals surface area (Å²) in [5.41, 5.74) is 1.92. The SMILES string of the molecule is COC(=O)N1C(=O)[C@H]2[C@H](CC(COc3ccccc3)=C3B(O)O[C@H](c4ccc(O)c5ccccc45)C[C@H]32)C1=O. The molecule has 10 heteroatoms. The quantitative estimate of drug-likeness (QED) is 0.388. The van der Waals surface area contributed by atoms with Crippen LogP contribution in [0.3, 0.4) is 0 Å². The van der Waals surface area contributed by atoms with Crippen molar-refractivity contribution in [1.29, 1.82) is 0 Å². The number of allylic oxidation sites excluding steroid dienone is 1. The fraction of sp³-hybridized carbons (Fsp3) is 0.276. The number of carbonyl (C=O) groups is 3. The first-order chi connectivity index (χ1) is 18.9. The van der Waals surface area contributed by atoms with Crippen LogP contribution in [0.1, 0.15) is 24.5 Å². The van der Waals surface area contributed by atoms with E-state index in [2.05, 4.69) is 0 Å². The second kappa shape index (κ2) is 9.87. The molecule has 39 heavy (non-hydrogen) atoms. The van der Waals surface area contributed by atoms with E-state index in [0.29, 0.717) is 27.1 Å². The molecule has 3 aromatic rings. The van der Waals surface area contributed by atoms with Gasteiger partial charge in [-0.2, -0.15) is 4.90 Å². The molecule has 0 spiro atoms. The van der Waals surface area contributed by atoms with Crippen LogP contribution < -0.4 is 4.74 Å². The molecule has 2 aliphatic heterocycles. The lowest BCUT2D eigenvalue weighted by Gasteiger charge is -2.42. The highest BCUT2D eigenvalue weighted by Crippen LogP contribution is 2.52. The lowest BCUT2D eigenvalue weighted by Crippen LogP contribution is -2.45. The molecule has 2 saturated heterocycles. The van der Waals surface area contributed by atoms with Gasteiger partial charge in [0.05, 0.1) is 25.0 Å². The van der Waals surface area contributed by atoms with Crippen molar-refractivity contribution < 1.29 is 38.6 Å². The number of para-hydroxylation sites is 1. The predicted molar refractivity (Wildman–Crippen MR) is 140 cm³/mol. The van der Waals surface area contributed by atoms with E-state index in [9.17, 15) is 24.5 Å². The van der Waals surface area contributed by atoms with Crippen LogP contribution in [0.2, 0.25) is 0 Å². The summed E-state index contributed by atoms with van der Waals surface area (Å²) in [5, 5.41) is 23.1. The van der Waals surface area contributed by atoms with Gasteiger partial charge in [0.1, 0.15) is 18.1 Å². The number of likely N-dealkylation sites (tertiary alicyclic amines) is 1. The Morgan fingerprint density at radius 1 is 1.00 bits per heavy atom. The minimum atomic E-state index is -1.35. The molecule has 4 atom stereocenters. The molecule has 3 aromatic carbocycles. The standard InChI is InChI=1S/C29H26BNO8/c1-37-29(35)31-27(33)22-13-16(15-38-17-7-3-2-4-8-17)26-21(25(22)28(31)34)14-24(39-30(26)36)20-11-12-23(32)19-10-6-5-9-18(19)20/h2-12,21-22,24-25,32,36H,13-15H2,1H3/t21-,22-,24-,25+/m0/s1. The molecule has 0 bridgehead atoms. The summed E-state index contributed by atoms with van der Waals surface area (Å²) >= 11 is 0. The van der Waals surface area contributed by atoms with Gasteiger partial charge < -0.3 is 24.3 Å². The number of imide groups is 3. The lowest BCUT2D eigenvalue weighted by molar-refractivity contribution is -0.137. The van der Waals surface area contributed by atoms with Crippen LogP contribution in [0.15, 0.2) is 77.8 Å². The minimum Gasteiger partial charge on any atom is -0.507 e. The fourth-order valence-corrected chi connectivity index (χ4v) is 6.29. The average molecular weight is 527 g/mol. The number of aromatic hydroxyl groups is 1. The van der Waals surface area contributed by atoms with Crippen LogP contribution in [0, 0.1) is 17.8 Å². The molecule has 0 radical (unpaired) electrons. The number of ether oxygens (including phenoxy) is 2. The summed E-state index contributed by atoms with van der Waals surface area (Å²) in [5.74, 6) is -2.72. The van der Waals surface area contributed by atoms with E-state index >= 15 is 0 Å². The van der Waals surface area contributed by atoms with E-state index in [-0.39, 0.29) is 25.2 Å². The van der Waals surface area contributed by atoms with E-state index in [0.717, 1.165) is 18.1 Å². The number of phenolic OH excluding ortho intramolecular Hbond substituents is 1. The third kappa shape index (κ3) is 4.16. The van der Waals surface area contributed by atoms with Crippen LogP contribution in [-0.2, 0) is 19.0 Å². The number of carbonyl (C=O) groups excluding carboxylic acids is 3. The average Bonchev–Trinajstić information content (AvgIpc) is 3.21. The second-order valence-corrected chi connectivity index (χ2v) is 10.0. The van der Waals surface area contributed by atoms with Crippen LogP contribution in [0.4, 0.5) is 4.79 Å². The van der Waals surface area contributed by atoms with Crippen molar-refractivity contribution in [3.8, 4) is 11.5 Å². The van der Waals surface area contributed by atoms with Crippen LogP contribution >= 0.6 is 0 Å². The Morgan fingerprint density at radius 2 is 1.72 bits per heavy atom. The summed E-state index contributed by atoms with van der Waals surface area (Å²) in [6, 6.07) is 19.8. The Balaban J connectivity index is 1.41. The largest absolute Gasteiger partial charge is 0.507 e. The monoisotopic (exact) mass is 527 g/mol. The van der Waals surface area contributed by atoms with Gasteiger partial charge in [-0.1, -0.05) is 48.5 Å². The summed E-state index contributed by atoms with van der Waals surface area (Å²) in [7, 11) is -0.232. The molecule has 198 valence electrons. The molecule has 2 N–H and O–H groups in total. The van der Waals surface area contributed by atoms with Gasteiger partial charge in [-0.05, 0) is 59.0 Å². The first kappa shape index (κ1) is 25.2. The zero-order valence-corrected chi connectivity index (χ0v) is 21.2. The summed E-state index contributed by atoms with van der Waals surface area (Å²) in [6.07, 6.45) is -1.22. The molecule has 3 aliphatic rings. The number of hydrogen-bond acceptors (Lipinski definition) is 8. The molecule has 9 nitrogen and oxygen atoms in total. The number of rotatable bonds is 4. The molecule has 0 unspecified atom stereocenters. The zero-order valence-electron chi connectivity index (χ0n) is 21.2. The molecule has 2 heterocycles. The summed E-state index contributed by atoms with van der Waals surface area (Å²) in [4.78, 5) is 39.8. The van der Waals surface area contributed by atoms with E-state index in [1.807, 2.05) is 36.4 Å². The third-order valence-corrected chi connectivity index (χ3v) is 8.01. The van der Waals surface area contributed by atoms with Gasteiger partial charge in [0.2, 0.25) is 11.8 Å². The maximum atomic E-state index is 13.5. The molecular formula is C29H26BNO8. The Morgan fingerprint density at radius 3 is 2.46 bits per heavy atom.